The van der Waals surface area contributed by atoms with E-state index in [0.717, 1.165) is 24.8 Å². The van der Waals surface area contributed by atoms with Crippen molar-refractivity contribution in [2.45, 2.75) is 51.5 Å². The molecule has 0 spiro atoms. The van der Waals surface area contributed by atoms with Crippen molar-refractivity contribution in [3.05, 3.63) is 30.1 Å². The second-order valence-electron chi connectivity index (χ2n) is 5.80. The summed E-state index contributed by atoms with van der Waals surface area (Å²) in [5.74, 6) is 0.290. The highest BCUT2D eigenvalue weighted by Gasteiger charge is 2.24. The predicted octanol–water partition coefficient (Wildman–Crippen LogP) is 4.73. The molecule has 0 unspecified atom stereocenters. The van der Waals surface area contributed by atoms with Gasteiger partial charge in [-0.05, 0) is 31.9 Å². The Labute approximate surface area is 129 Å². The van der Waals surface area contributed by atoms with E-state index >= 15 is 0 Å². The lowest BCUT2D eigenvalue weighted by molar-refractivity contribution is 0.141. The number of anilines is 1. The lowest BCUT2D eigenvalue weighted by Gasteiger charge is -2.35. The van der Waals surface area contributed by atoms with E-state index in [1.165, 1.54) is 19.3 Å². The molecule has 2 aromatic rings. The Kier molecular flexibility index (Phi) is 4.50. The maximum absolute atomic E-state index is 13.1. The highest BCUT2D eigenvalue weighted by atomic mass is 19.3. The monoisotopic (exact) mass is 305 g/mol. The number of hydrogen-bond acceptors (Lipinski definition) is 3. The van der Waals surface area contributed by atoms with Crippen LogP contribution >= 0.6 is 0 Å². The first-order valence-electron chi connectivity index (χ1n) is 8.02. The molecule has 0 amide bonds. The fourth-order valence-corrected chi connectivity index (χ4v) is 3.37. The fraction of sp³-hybridized carbons (Fsp3) is 0.529. The summed E-state index contributed by atoms with van der Waals surface area (Å²) < 4.78 is 26.3. The summed E-state index contributed by atoms with van der Waals surface area (Å²) in [5.41, 5.74) is 0.594. The topological polar surface area (TPSA) is 29.0 Å². The largest absolute Gasteiger partial charge is 0.353 e. The van der Waals surface area contributed by atoms with Crippen LogP contribution in [-0.4, -0.2) is 22.6 Å². The molecule has 1 heterocycles. The standard InChI is InChI=1S/C17H21F2N3/c1-2-22(12-8-4-3-5-9-12)17-13-10-6-7-11-14(13)20-16(21-17)15(18)19/h6-7,10-12,15H,2-5,8-9H2,1H3. The Hall–Kier alpha value is -1.78. The summed E-state index contributed by atoms with van der Waals surface area (Å²) in [6.07, 6.45) is 3.23. The molecule has 3 rings (SSSR count). The normalized spacial score (nSPS) is 16.4. The number of rotatable bonds is 4. The van der Waals surface area contributed by atoms with Crippen LogP contribution in [0.3, 0.4) is 0 Å². The van der Waals surface area contributed by atoms with Crippen molar-refractivity contribution in [3.8, 4) is 0 Å². The van der Waals surface area contributed by atoms with E-state index in [1.807, 2.05) is 18.2 Å². The van der Waals surface area contributed by atoms with Gasteiger partial charge in [0.15, 0.2) is 5.82 Å². The number of aromatic nitrogens is 2. The number of para-hydroxylation sites is 1. The van der Waals surface area contributed by atoms with Gasteiger partial charge in [-0.25, -0.2) is 18.7 Å². The van der Waals surface area contributed by atoms with E-state index in [-0.39, 0.29) is 5.82 Å². The number of halogens is 2. The first kappa shape index (κ1) is 15.1. The molecule has 1 aliphatic rings. The first-order valence-corrected chi connectivity index (χ1v) is 8.02. The minimum atomic E-state index is -2.64. The van der Waals surface area contributed by atoms with Gasteiger partial charge in [0.2, 0.25) is 0 Å². The van der Waals surface area contributed by atoms with Crippen LogP contribution in [0.15, 0.2) is 24.3 Å². The molecular weight excluding hydrogens is 284 g/mol. The summed E-state index contributed by atoms with van der Waals surface area (Å²) in [7, 11) is 0. The minimum absolute atomic E-state index is 0.372. The molecule has 0 atom stereocenters. The molecule has 5 heteroatoms. The molecule has 1 aromatic carbocycles. The summed E-state index contributed by atoms with van der Waals surface area (Å²) >= 11 is 0. The van der Waals surface area contributed by atoms with Crippen LogP contribution < -0.4 is 4.90 Å². The van der Waals surface area contributed by atoms with E-state index < -0.39 is 6.43 Å². The van der Waals surface area contributed by atoms with Crippen molar-refractivity contribution in [2.75, 3.05) is 11.4 Å². The Morgan fingerprint density at radius 3 is 2.55 bits per heavy atom. The zero-order chi connectivity index (χ0) is 15.5. The van der Waals surface area contributed by atoms with Crippen LogP contribution in [0.2, 0.25) is 0 Å². The third-order valence-corrected chi connectivity index (χ3v) is 4.42. The number of nitrogens with zero attached hydrogens (tertiary/aromatic N) is 3. The van der Waals surface area contributed by atoms with E-state index in [4.69, 9.17) is 0 Å². The summed E-state index contributed by atoms with van der Waals surface area (Å²) in [6.45, 7) is 2.84. The highest BCUT2D eigenvalue weighted by Crippen LogP contribution is 2.32. The summed E-state index contributed by atoms with van der Waals surface area (Å²) in [5, 5.41) is 0.860. The maximum atomic E-state index is 13.1. The van der Waals surface area contributed by atoms with Gasteiger partial charge in [-0.1, -0.05) is 31.4 Å². The number of hydrogen-bond donors (Lipinski definition) is 0. The molecule has 22 heavy (non-hydrogen) atoms. The van der Waals surface area contributed by atoms with Gasteiger partial charge in [-0.3, -0.25) is 0 Å². The average Bonchev–Trinajstić information content (AvgIpc) is 2.56. The van der Waals surface area contributed by atoms with Gasteiger partial charge >= 0.3 is 0 Å². The zero-order valence-electron chi connectivity index (χ0n) is 12.8. The zero-order valence-corrected chi connectivity index (χ0v) is 12.8. The van der Waals surface area contributed by atoms with Crippen molar-refractivity contribution in [1.29, 1.82) is 0 Å². The van der Waals surface area contributed by atoms with Gasteiger partial charge in [0.25, 0.3) is 6.43 Å². The van der Waals surface area contributed by atoms with Gasteiger partial charge in [0.05, 0.1) is 5.52 Å². The Bertz CT molecular complexity index is 639. The molecule has 0 N–H and O–H groups in total. The fourth-order valence-electron chi connectivity index (χ4n) is 3.37. The van der Waals surface area contributed by atoms with Crippen molar-refractivity contribution in [3.63, 3.8) is 0 Å². The number of fused-ring (bicyclic) bond motifs is 1. The van der Waals surface area contributed by atoms with E-state index in [9.17, 15) is 8.78 Å². The van der Waals surface area contributed by atoms with E-state index in [0.29, 0.717) is 17.4 Å². The van der Waals surface area contributed by atoms with Crippen LogP contribution in [0.1, 0.15) is 51.3 Å². The van der Waals surface area contributed by atoms with Crippen LogP contribution in [0, 0.1) is 0 Å². The second kappa shape index (κ2) is 6.55. The lowest BCUT2D eigenvalue weighted by atomic mass is 9.94. The third-order valence-electron chi connectivity index (χ3n) is 4.42. The molecular formula is C17H21F2N3. The van der Waals surface area contributed by atoms with Gasteiger partial charge in [0.1, 0.15) is 5.82 Å². The molecule has 118 valence electrons. The molecule has 1 aromatic heterocycles. The van der Waals surface area contributed by atoms with E-state index in [1.54, 1.807) is 6.07 Å². The third kappa shape index (κ3) is 2.89. The van der Waals surface area contributed by atoms with Gasteiger partial charge in [-0.15, -0.1) is 0 Å². The quantitative estimate of drug-likeness (QED) is 0.818. The van der Waals surface area contributed by atoms with Crippen LogP contribution in [0.25, 0.3) is 10.9 Å². The number of benzene rings is 1. The predicted molar refractivity (Wildman–Crippen MR) is 84.4 cm³/mol. The van der Waals surface area contributed by atoms with Crippen LogP contribution in [0.4, 0.5) is 14.6 Å². The smallest absolute Gasteiger partial charge is 0.297 e. The highest BCUT2D eigenvalue weighted by molar-refractivity contribution is 5.89. The lowest BCUT2D eigenvalue weighted by Crippen LogP contribution is -2.37. The molecule has 1 fully saturated rings. The van der Waals surface area contributed by atoms with E-state index in [2.05, 4.69) is 21.8 Å². The number of alkyl halides is 2. The Morgan fingerprint density at radius 2 is 1.86 bits per heavy atom. The maximum Gasteiger partial charge on any atom is 0.297 e. The average molecular weight is 305 g/mol. The molecule has 0 bridgehead atoms. The summed E-state index contributed by atoms with van der Waals surface area (Å²) in [4.78, 5) is 10.4. The SMILES string of the molecule is CCN(c1nc(C(F)F)nc2ccccc12)C1CCCCC1. The summed E-state index contributed by atoms with van der Waals surface area (Å²) in [6, 6.07) is 7.83. The Balaban J connectivity index is 2.09. The van der Waals surface area contributed by atoms with Gasteiger partial charge in [0, 0.05) is 18.0 Å². The van der Waals surface area contributed by atoms with Crippen molar-refractivity contribution in [2.24, 2.45) is 0 Å². The molecule has 1 saturated carbocycles. The molecule has 1 aliphatic carbocycles. The van der Waals surface area contributed by atoms with Gasteiger partial charge < -0.3 is 4.90 Å². The van der Waals surface area contributed by atoms with Crippen molar-refractivity contribution < 1.29 is 8.78 Å². The Morgan fingerprint density at radius 1 is 1.14 bits per heavy atom. The van der Waals surface area contributed by atoms with Gasteiger partial charge in [-0.2, -0.15) is 0 Å². The second-order valence-corrected chi connectivity index (χ2v) is 5.80. The van der Waals surface area contributed by atoms with Crippen LogP contribution in [0.5, 0.6) is 0 Å². The van der Waals surface area contributed by atoms with Crippen molar-refractivity contribution >= 4 is 16.7 Å². The first-order chi connectivity index (χ1) is 10.7. The molecule has 0 aliphatic heterocycles. The molecule has 0 radical (unpaired) electrons. The van der Waals surface area contributed by atoms with Crippen molar-refractivity contribution in [1.82, 2.24) is 9.97 Å². The minimum Gasteiger partial charge on any atom is -0.353 e. The molecule has 0 saturated heterocycles. The molecule has 3 nitrogen and oxygen atoms in total. The van der Waals surface area contributed by atoms with Crippen LogP contribution in [-0.2, 0) is 0 Å².